The summed E-state index contributed by atoms with van der Waals surface area (Å²) in [5, 5.41) is 12.2. The summed E-state index contributed by atoms with van der Waals surface area (Å²) in [4.78, 5) is 12.4. The lowest BCUT2D eigenvalue weighted by Crippen LogP contribution is -2.54. The van der Waals surface area contributed by atoms with Gasteiger partial charge < -0.3 is 15.0 Å². The zero-order valence-corrected chi connectivity index (χ0v) is 15.0. The van der Waals surface area contributed by atoms with Gasteiger partial charge in [0.25, 0.3) is 0 Å². The second-order valence-electron chi connectivity index (χ2n) is 7.51. The van der Waals surface area contributed by atoms with Crippen molar-refractivity contribution in [2.24, 2.45) is 0 Å². The van der Waals surface area contributed by atoms with Gasteiger partial charge in [-0.3, -0.25) is 4.90 Å². The molecule has 4 rings (SSSR count). The van der Waals surface area contributed by atoms with Gasteiger partial charge in [-0.15, -0.1) is 0 Å². The minimum absolute atomic E-state index is 0.551. The van der Waals surface area contributed by atoms with Crippen LogP contribution in [-0.2, 0) is 0 Å². The molecule has 2 aliphatic heterocycles. The summed E-state index contributed by atoms with van der Waals surface area (Å²) >= 11 is 0. The highest BCUT2D eigenvalue weighted by molar-refractivity contribution is 5.90. The van der Waals surface area contributed by atoms with Crippen molar-refractivity contribution in [2.45, 2.75) is 31.8 Å². The molecule has 5 nitrogen and oxygen atoms in total. The summed E-state index contributed by atoms with van der Waals surface area (Å²) in [6.07, 6.45) is 9.27. The number of aliphatic hydroxyl groups is 1. The van der Waals surface area contributed by atoms with Crippen molar-refractivity contribution in [3.05, 3.63) is 36.2 Å². The predicted octanol–water partition coefficient (Wildman–Crippen LogP) is 2.50. The molecule has 0 bridgehead atoms. The number of hydrogen-bond donors (Lipinski definition) is 2. The number of aromatic amines is 1. The zero-order chi connectivity index (χ0) is 17.3. The average molecular weight is 340 g/mol. The quantitative estimate of drug-likeness (QED) is 0.898. The van der Waals surface area contributed by atoms with Crippen LogP contribution in [0.5, 0.6) is 0 Å². The van der Waals surface area contributed by atoms with E-state index in [4.69, 9.17) is 0 Å². The highest BCUT2D eigenvalue weighted by Crippen LogP contribution is 2.29. The lowest BCUT2D eigenvalue weighted by atomic mass is 9.91. The Morgan fingerprint density at radius 1 is 1.32 bits per heavy atom. The predicted molar refractivity (Wildman–Crippen MR) is 101 cm³/mol. The highest BCUT2D eigenvalue weighted by Gasteiger charge is 2.34. The molecular formula is C20H28N4O. The number of aromatic nitrogens is 2. The second-order valence-corrected chi connectivity index (χ2v) is 7.51. The summed E-state index contributed by atoms with van der Waals surface area (Å²) in [7, 11) is 0. The maximum absolute atomic E-state index is 11.0. The molecule has 2 N–H and O–H groups in total. The SMILES string of the molecule is CCN1CCCC(O)(CN2CC=C(c3c[nH]c4ncccc34)CC2)C1. The number of H-pyrrole nitrogens is 1. The molecule has 134 valence electrons. The fraction of sp³-hybridized carbons (Fsp3) is 0.550. The van der Waals surface area contributed by atoms with Crippen molar-refractivity contribution < 1.29 is 5.11 Å². The number of fused-ring (bicyclic) bond motifs is 1. The molecule has 1 atom stereocenters. The molecule has 2 aromatic rings. The first kappa shape index (κ1) is 16.8. The molecule has 1 saturated heterocycles. The van der Waals surface area contributed by atoms with Crippen molar-refractivity contribution in [1.29, 1.82) is 0 Å². The van der Waals surface area contributed by atoms with E-state index in [2.05, 4.69) is 45.0 Å². The first-order valence-corrected chi connectivity index (χ1v) is 9.45. The van der Waals surface area contributed by atoms with Gasteiger partial charge in [-0.1, -0.05) is 13.0 Å². The van der Waals surface area contributed by atoms with Crippen LogP contribution in [-0.4, -0.2) is 69.7 Å². The molecule has 4 heterocycles. The van der Waals surface area contributed by atoms with E-state index in [-0.39, 0.29) is 0 Å². The van der Waals surface area contributed by atoms with Gasteiger partial charge in [0.2, 0.25) is 0 Å². The highest BCUT2D eigenvalue weighted by atomic mass is 16.3. The average Bonchev–Trinajstić information content (AvgIpc) is 3.06. The third-order valence-corrected chi connectivity index (χ3v) is 5.69. The summed E-state index contributed by atoms with van der Waals surface area (Å²) in [5.41, 5.74) is 3.07. The van der Waals surface area contributed by atoms with Crippen LogP contribution >= 0.6 is 0 Å². The number of rotatable bonds is 4. The monoisotopic (exact) mass is 340 g/mol. The van der Waals surface area contributed by atoms with Crippen LogP contribution in [0.3, 0.4) is 0 Å². The fourth-order valence-electron chi connectivity index (χ4n) is 4.34. The largest absolute Gasteiger partial charge is 0.387 e. The van der Waals surface area contributed by atoms with E-state index in [1.54, 1.807) is 0 Å². The number of likely N-dealkylation sites (N-methyl/N-ethyl adjacent to an activating group) is 1. The molecule has 1 unspecified atom stereocenters. The van der Waals surface area contributed by atoms with Crippen molar-refractivity contribution in [3.63, 3.8) is 0 Å². The second kappa shape index (κ2) is 6.90. The van der Waals surface area contributed by atoms with Crippen LogP contribution < -0.4 is 0 Å². The van der Waals surface area contributed by atoms with E-state index in [0.717, 1.165) is 64.2 Å². The number of pyridine rings is 1. The van der Waals surface area contributed by atoms with E-state index in [1.165, 1.54) is 16.5 Å². The molecule has 2 aliphatic rings. The Kier molecular flexibility index (Phi) is 4.63. The topological polar surface area (TPSA) is 55.4 Å². The van der Waals surface area contributed by atoms with Crippen LogP contribution in [0.25, 0.3) is 16.6 Å². The third-order valence-electron chi connectivity index (χ3n) is 5.69. The van der Waals surface area contributed by atoms with Crippen LogP contribution in [0.4, 0.5) is 0 Å². The molecule has 0 aliphatic carbocycles. The standard InChI is InChI=1S/C20H28N4O/c1-2-23-10-4-8-20(25,14-23)15-24-11-6-16(7-12-24)18-13-22-19-17(18)5-3-9-21-19/h3,5-6,9,13,25H,2,4,7-8,10-12,14-15H2,1H3,(H,21,22). The number of hydrogen-bond acceptors (Lipinski definition) is 4. The molecule has 0 saturated carbocycles. The van der Waals surface area contributed by atoms with Gasteiger partial charge in [0.05, 0.1) is 5.60 Å². The minimum atomic E-state index is -0.551. The normalized spacial score (nSPS) is 26.1. The van der Waals surface area contributed by atoms with Crippen LogP contribution in [0, 0.1) is 0 Å². The van der Waals surface area contributed by atoms with E-state index in [9.17, 15) is 5.11 Å². The molecule has 0 radical (unpaired) electrons. The first-order chi connectivity index (χ1) is 12.2. The number of likely N-dealkylation sites (tertiary alicyclic amines) is 1. The molecule has 25 heavy (non-hydrogen) atoms. The van der Waals surface area contributed by atoms with Gasteiger partial charge in [0.1, 0.15) is 5.65 Å². The molecule has 0 aromatic carbocycles. The lowest BCUT2D eigenvalue weighted by molar-refractivity contribution is -0.0504. The Balaban J connectivity index is 1.44. The van der Waals surface area contributed by atoms with Gasteiger partial charge in [0, 0.05) is 49.5 Å². The Hall–Kier alpha value is -1.69. The van der Waals surface area contributed by atoms with Crippen molar-refractivity contribution >= 4 is 16.6 Å². The molecular weight excluding hydrogens is 312 g/mol. The Morgan fingerprint density at radius 3 is 3.04 bits per heavy atom. The van der Waals surface area contributed by atoms with E-state index < -0.39 is 5.60 Å². The summed E-state index contributed by atoms with van der Waals surface area (Å²) < 4.78 is 0. The third kappa shape index (κ3) is 3.50. The van der Waals surface area contributed by atoms with Crippen molar-refractivity contribution in [3.8, 4) is 0 Å². The molecule has 5 heteroatoms. The van der Waals surface area contributed by atoms with Crippen LogP contribution in [0.1, 0.15) is 31.7 Å². The lowest BCUT2D eigenvalue weighted by Gasteiger charge is -2.42. The zero-order valence-electron chi connectivity index (χ0n) is 15.0. The van der Waals surface area contributed by atoms with Gasteiger partial charge in [-0.25, -0.2) is 4.98 Å². The number of β-amino-alcohol motifs (C(OH)–C–C–N with tert-alkyl or cyclic N) is 1. The Labute approximate surface area is 149 Å². The molecule has 2 aromatic heterocycles. The van der Waals surface area contributed by atoms with Crippen LogP contribution in [0.15, 0.2) is 30.6 Å². The van der Waals surface area contributed by atoms with Crippen molar-refractivity contribution in [1.82, 2.24) is 19.8 Å². The Morgan fingerprint density at radius 2 is 2.24 bits per heavy atom. The number of nitrogens with zero attached hydrogens (tertiary/aromatic N) is 3. The van der Waals surface area contributed by atoms with Gasteiger partial charge >= 0.3 is 0 Å². The van der Waals surface area contributed by atoms with E-state index >= 15 is 0 Å². The molecule has 0 amide bonds. The number of nitrogens with one attached hydrogen (secondary N) is 1. The summed E-state index contributed by atoms with van der Waals surface area (Å²) in [6.45, 7) is 7.84. The maximum Gasteiger partial charge on any atom is 0.137 e. The van der Waals surface area contributed by atoms with Gasteiger partial charge in [-0.05, 0) is 50.1 Å². The molecule has 0 spiro atoms. The minimum Gasteiger partial charge on any atom is -0.387 e. The smallest absolute Gasteiger partial charge is 0.137 e. The number of piperidine rings is 1. The van der Waals surface area contributed by atoms with Gasteiger partial charge in [0.15, 0.2) is 0 Å². The van der Waals surface area contributed by atoms with E-state index in [1.807, 2.05) is 12.3 Å². The summed E-state index contributed by atoms with van der Waals surface area (Å²) in [5.74, 6) is 0. The first-order valence-electron chi connectivity index (χ1n) is 9.45. The van der Waals surface area contributed by atoms with Crippen LogP contribution in [0.2, 0.25) is 0 Å². The van der Waals surface area contributed by atoms with E-state index in [0.29, 0.717) is 0 Å². The van der Waals surface area contributed by atoms with Gasteiger partial charge in [-0.2, -0.15) is 0 Å². The maximum atomic E-state index is 11.0. The fourth-order valence-corrected chi connectivity index (χ4v) is 4.34. The van der Waals surface area contributed by atoms with Crippen molar-refractivity contribution in [2.75, 3.05) is 39.3 Å². The Bertz CT molecular complexity index is 768. The molecule has 1 fully saturated rings. The summed E-state index contributed by atoms with van der Waals surface area (Å²) in [6, 6.07) is 4.12.